The molecule has 2 heteroatoms. The molecule has 2 nitrogen and oxygen atoms in total. The summed E-state index contributed by atoms with van der Waals surface area (Å²) in [6.45, 7) is 18.9. The van der Waals surface area contributed by atoms with E-state index in [0.29, 0.717) is 28.1 Å². The van der Waals surface area contributed by atoms with Gasteiger partial charge < -0.3 is 10.1 Å². The van der Waals surface area contributed by atoms with Crippen molar-refractivity contribution in [3.8, 4) is 0 Å². The van der Waals surface area contributed by atoms with Gasteiger partial charge >= 0.3 is 0 Å². The van der Waals surface area contributed by atoms with Crippen molar-refractivity contribution in [1.29, 1.82) is 5.41 Å². The second-order valence-electron chi connectivity index (χ2n) is 16.1. The molecule has 5 aliphatic rings. The van der Waals surface area contributed by atoms with E-state index in [-0.39, 0.29) is 5.41 Å². The van der Waals surface area contributed by atoms with Crippen LogP contribution in [0.3, 0.4) is 0 Å². The Labute approximate surface area is 265 Å². The second kappa shape index (κ2) is 12.9. The Morgan fingerprint density at radius 2 is 1.67 bits per heavy atom. The molecular formula is C41H63NO. The number of rotatable bonds is 8. The summed E-state index contributed by atoms with van der Waals surface area (Å²) in [4.78, 5) is 0. The Morgan fingerprint density at radius 3 is 2.30 bits per heavy atom. The fraction of sp³-hybridized carbons (Fsp3) is 0.732. The topological polar surface area (TPSA) is 33.1 Å². The number of nitrogens with one attached hydrogen (secondary N) is 1. The summed E-state index contributed by atoms with van der Waals surface area (Å²) >= 11 is 0. The molecule has 0 aliphatic heterocycles. The molecule has 9 atom stereocenters. The first-order valence-electron chi connectivity index (χ1n) is 18.1. The lowest BCUT2D eigenvalue weighted by atomic mass is 9.34. The Hall–Kier alpha value is -1.83. The van der Waals surface area contributed by atoms with Gasteiger partial charge in [0.2, 0.25) is 0 Å². The van der Waals surface area contributed by atoms with E-state index in [1.54, 1.807) is 17.9 Å². The highest BCUT2D eigenvalue weighted by atomic mass is 16.5. The summed E-state index contributed by atoms with van der Waals surface area (Å²) in [5, 5.41) is 8.16. The highest BCUT2D eigenvalue weighted by Gasteiger charge is 2.69. The summed E-state index contributed by atoms with van der Waals surface area (Å²) < 4.78 is 7.00. The van der Waals surface area contributed by atoms with Crippen LogP contribution in [0.4, 0.5) is 0 Å². The zero-order valence-corrected chi connectivity index (χ0v) is 28.7. The van der Waals surface area contributed by atoms with E-state index in [2.05, 4.69) is 71.5 Å². The molecule has 0 saturated heterocycles. The third kappa shape index (κ3) is 5.29. The molecular weight excluding hydrogens is 522 g/mol. The first-order valence-corrected chi connectivity index (χ1v) is 18.1. The van der Waals surface area contributed by atoms with Crippen molar-refractivity contribution in [2.45, 2.75) is 138 Å². The van der Waals surface area contributed by atoms with Crippen molar-refractivity contribution in [2.75, 3.05) is 0 Å². The average molecular weight is 586 g/mol. The minimum Gasteiger partial charge on any atom is -0.493 e. The molecule has 5 aliphatic carbocycles. The van der Waals surface area contributed by atoms with Gasteiger partial charge in [-0.15, -0.1) is 6.58 Å². The fourth-order valence-electron chi connectivity index (χ4n) is 12.1. The molecule has 5 fully saturated rings. The summed E-state index contributed by atoms with van der Waals surface area (Å²) in [7, 11) is 0. The molecule has 0 heterocycles. The molecule has 0 amide bonds. The number of benzene rings is 1. The van der Waals surface area contributed by atoms with Gasteiger partial charge in [0, 0.05) is 5.41 Å². The minimum absolute atomic E-state index is 0.288. The zero-order valence-electron chi connectivity index (χ0n) is 28.7. The molecule has 0 aromatic heterocycles. The van der Waals surface area contributed by atoms with Crippen LogP contribution in [0.15, 0.2) is 54.3 Å². The molecule has 238 valence electrons. The van der Waals surface area contributed by atoms with Gasteiger partial charge in [-0.05, 0) is 147 Å². The Kier molecular flexibility index (Phi) is 9.75. The monoisotopic (exact) mass is 585 g/mol. The number of hydrogen-bond donors (Lipinski definition) is 1. The van der Waals surface area contributed by atoms with Crippen LogP contribution in [0.25, 0.3) is 0 Å². The van der Waals surface area contributed by atoms with Crippen molar-refractivity contribution < 1.29 is 4.74 Å². The minimum atomic E-state index is 0.288. The van der Waals surface area contributed by atoms with Gasteiger partial charge in [0.25, 0.3) is 0 Å². The van der Waals surface area contributed by atoms with Crippen molar-refractivity contribution in [3.05, 3.63) is 59.9 Å². The van der Waals surface area contributed by atoms with Gasteiger partial charge in [-0.25, -0.2) is 0 Å². The molecule has 1 N–H and O–H groups in total. The van der Waals surface area contributed by atoms with Crippen molar-refractivity contribution in [1.82, 2.24) is 0 Å². The van der Waals surface area contributed by atoms with Crippen LogP contribution >= 0.6 is 0 Å². The van der Waals surface area contributed by atoms with E-state index in [9.17, 15) is 0 Å². The van der Waals surface area contributed by atoms with Crippen LogP contribution < -0.4 is 0 Å². The third-order valence-electron chi connectivity index (χ3n) is 14.3. The van der Waals surface area contributed by atoms with Crippen LogP contribution in [0.2, 0.25) is 0 Å². The predicted molar refractivity (Wildman–Crippen MR) is 183 cm³/mol. The van der Waals surface area contributed by atoms with Gasteiger partial charge in [-0.2, -0.15) is 0 Å². The Bertz CT molecular complexity index is 1150. The number of hydrogen-bond acceptors (Lipinski definition) is 2. The van der Waals surface area contributed by atoms with E-state index in [4.69, 9.17) is 10.1 Å². The van der Waals surface area contributed by atoms with Crippen molar-refractivity contribution >= 4 is 6.21 Å². The number of ether oxygens (including phenoxy) is 1. The molecule has 43 heavy (non-hydrogen) atoms. The quantitative estimate of drug-likeness (QED) is 0.184. The van der Waals surface area contributed by atoms with Crippen molar-refractivity contribution in [2.24, 2.45) is 51.2 Å². The Balaban J connectivity index is 0.00000118. The summed E-state index contributed by atoms with van der Waals surface area (Å²) in [6, 6.07) is 10.9. The van der Waals surface area contributed by atoms with E-state index in [0.717, 1.165) is 24.4 Å². The van der Waals surface area contributed by atoms with Gasteiger partial charge in [-0.3, -0.25) is 0 Å². The lowest BCUT2D eigenvalue weighted by molar-refractivity contribution is -0.218. The highest BCUT2D eigenvalue weighted by Crippen LogP contribution is 2.76. The lowest BCUT2D eigenvalue weighted by Gasteiger charge is -2.71. The molecule has 0 bridgehead atoms. The fourth-order valence-corrected chi connectivity index (χ4v) is 12.1. The van der Waals surface area contributed by atoms with Crippen LogP contribution in [0.5, 0.6) is 0 Å². The zero-order chi connectivity index (χ0) is 30.9. The molecule has 1 aromatic rings. The normalized spacial score (nSPS) is 40.4. The molecule has 6 rings (SSSR count). The maximum absolute atomic E-state index is 8.16. The van der Waals surface area contributed by atoms with E-state index < -0.39 is 0 Å². The standard InChI is InChI=1S/C38H57NO.C3H6/c1-6-20-35(3)30(27(2)25-39)19-22-37(5)33(35)18-17-31-32-16-11-21-38(32,24-23-36(31,37)4)34(29-14-10-15-29)40-26-28-12-8-7-9-13-28;1-3-2/h7-9,12-13,25,27,30-33,39H,6,10-11,14-24,26H2,1-5H3;3H,1H2,2H3/t27?,30?,31?,32?,33?,35?,36-,37?,38?;/m1./s1. The smallest absolute Gasteiger partial charge is 0.113 e. The lowest BCUT2D eigenvalue weighted by Crippen LogP contribution is -2.64. The summed E-state index contributed by atoms with van der Waals surface area (Å²) in [5.41, 5.74) is 4.44. The van der Waals surface area contributed by atoms with E-state index in [1.165, 1.54) is 101 Å². The Morgan fingerprint density at radius 1 is 0.953 bits per heavy atom. The van der Waals surface area contributed by atoms with Gasteiger partial charge in [-0.1, -0.05) is 83.9 Å². The summed E-state index contributed by atoms with van der Waals surface area (Å²) in [5.74, 6) is 4.94. The van der Waals surface area contributed by atoms with Crippen LogP contribution in [0.1, 0.15) is 137 Å². The number of fused-ring (bicyclic) bond motifs is 5. The molecule has 8 unspecified atom stereocenters. The van der Waals surface area contributed by atoms with Gasteiger partial charge in [0.05, 0.1) is 0 Å². The third-order valence-corrected chi connectivity index (χ3v) is 14.3. The number of allylic oxidation sites excluding steroid dienone is 3. The van der Waals surface area contributed by atoms with E-state index >= 15 is 0 Å². The van der Waals surface area contributed by atoms with Crippen LogP contribution in [-0.4, -0.2) is 6.21 Å². The largest absolute Gasteiger partial charge is 0.493 e. The highest BCUT2D eigenvalue weighted by molar-refractivity contribution is 5.57. The maximum Gasteiger partial charge on any atom is 0.113 e. The first-order chi connectivity index (χ1) is 20.6. The van der Waals surface area contributed by atoms with Crippen LogP contribution in [-0.2, 0) is 11.3 Å². The van der Waals surface area contributed by atoms with Gasteiger partial charge in [0.1, 0.15) is 12.4 Å². The molecule has 1 aromatic carbocycles. The molecule has 0 spiro atoms. The summed E-state index contributed by atoms with van der Waals surface area (Å²) in [6.07, 6.45) is 22.3. The predicted octanol–water partition coefficient (Wildman–Crippen LogP) is 12.0. The van der Waals surface area contributed by atoms with Crippen molar-refractivity contribution in [3.63, 3.8) is 0 Å². The second-order valence-corrected chi connectivity index (χ2v) is 16.1. The maximum atomic E-state index is 8.16. The SMILES string of the molecule is C=CC.CCCC1(C)C(C(C)C=N)CCC2(C)C1CCC1C3CCCC3(C(OCc3ccccc3)=C3CCC3)CC[C@]12C. The average Bonchev–Trinajstić information content (AvgIpc) is 3.40. The van der Waals surface area contributed by atoms with Gasteiger partial charge in [0.15, 0.2) is 0 Å². The molecule has 5 saturated carbocycles. The van der Waals surface area contributed by atoms with E-state index in [1.807, 2.05) is 6.92 Å². The molecule has 0 radical (unpaired) electrons. The van der Waals surface area contributed by atoms with Crippen LogP contribution in [0, 0.1) is 56.7 Å². The first kappa shape index (κ1) is 32.6.